The molecule has 1 unspecified atom stereocenters. The molecule has 1 aliphatic rings. The van der Waals surface area contributed by atoms with Crippen molar-refractivity contribution in [3.8, 4) is 16.9 Å². The molecule has 0 bridgehead atoms. The summed E-state index contributed by atoms with van der Waals surface area (Å²) in [7, 11) is 3.17. The lowest BCUT2D eigenvalue weighted by atomic mass is 10.0. The predicted octanol–water partition coefficient (Wildman–Crippen LogP) is 4.21. The first-order chi connectivity index (χ1) is 16.1. The van der Waals surface area contributed by atoms with E-state index in [4.69, 9.17) is 4.74 Å². The number of rotatable bonds is 5. The molecule has 4 aromatic rings. The minimum atomic E-state index is -1.44. The Hall–Kier alpha value is -3.56. The van der Waals surface area contributed by atoms with Gasteiger partial charge in [-0.2, -0.15) is 9.97 Å². The van der Waals surface area contributed by atoms with Gasteiger partial charge in [-0.05, 0) is 37.1 Å². The van der Waals surface area contributed by atoms with Crippen molar-refractivity contribution in [2.24, 2.45) is 0 Å². The molecule has 1 aliphatic heterocycles. The molecule has 176 valence electrons. The Kier molecular flexibility index (Phi) is 5.26. The number of benzene rings is 2. The molecule has 2 aromatic carbocycles. The molecule has 3 heterocycles. The minimum absolute atomic E-state index is 0.0519. The third kappa shape index (κ3) is 3.66. The summed E-state index contributed by atoms with van der Waals surface area (Å²) in [5, 5.41) is 10.8. The minimum Gasteiger partial charge on any atom is -0.460 e. The second kappa shape index (κ2) is 8.03. The van der Waals surface area contributed by atoms with Gasteiger partial charge in [0, 0.05) is 30.8 Å². The van der Waals surface area contributed by atoms with E-state index in [2.05, 4.69) is 9.97 Å². The maximum atomic E-state index is 13.7. The first-order valence-electron chi connectivity index (χ1n) is 11.2. The van der Waals surface area contributed by atoms with E-state index in [1.54, 1.807) is 31.0 Å². The van der Waals surface area contributed by atoms with Gasteiger partial charge in [0.1, 0.15) is 19.8 Å². The van der Waals surface area contributed by atoms with Crippen LogP contribution in [0.1, 0.15) is 30.6 Å². The Balaban J connectivity index is 1.65. The molecule has 0 radical (unpaired) electrons. The number of hydroxylamine groups is 2. The number of aryl methyl sites for hydroxylation is 1. The molecule has 0 amide bonds. The van der Waals surface area contributed by atoms with Crippen LogP contribution < -0.4 is 14.9 Å². The van der Waals surface area contributed by atoms with Crippen LogP contribution in [0.4, 0.5) is 10.3 Å². The lowest BCUT2D eigenvalue weighted by Crippen LogP contribution is -2.37. The van der Waals surface area contributed by atoms with Crippen molar-refractivity contribution in [3.05, 3.63) is 70.3 Å². The van der Waals surface area contributed by atoms with Gasteiger partial charge in [0.05, 0.1) is 22.6 Å². The van der Waals surface area contributed by atoms with Crippen molar-refractivity contribution in [1.82, 2.24) is 24.0 Å². The Bertz CT molecular complexity index is 1450. The number of ether oxygens (including phenoxy) is 1. The Morgan fingerprint density at radius 3 is 2.71 bits per heavy atom. The van der Waals surface area contributed by atoms with Crippen LogP contribution >= 0.6 is 0 Å². The van der Waals surface area contributed by atoms with Gasteiger partial charge in [-0.1, -0.05) is 24.3 Å². The van der Waals surface area contributed by atoms with Crippen LogP contribution in [0, 0.1) is 6.92 Å². The highest BCUT2D eigenvalue weighted by atomic mass is 19.1. The number of quaternary nitrogens is 1. The maximum Gasteiger partial charge on any atom is 0.361 e. The molecule has 2 aromatic heterocycles. The van der Waals surface area contributed by atoms with Crippen molar-refractivity contribution in [3.63, 3.8) is 0 Å². The molecule has 0 fully saturated rings. The summed E-state index contributed by atoms with van der Waals surface area (Å²) >= 11 is 0. The van der Waals surface area contributed by atoms with Crippen LogP contribution in [0.2, 0.25) is 0 Å². The Morgan fingerprint density at radius 1 is 1.24 bits per heavy atom. The lowest BCUT2D eigenvalue weighted by Gasteiger charge is -2.19. The van der Waals surface area contributed by atoms with E-state index >= 15 is 0 Å². The van der Waals surface area contributed by atoms with Crippen molar-refractivity contribution < 1.29 is 14.3 Å². The second-order valence-electron chi connectivity index (χ2n) is 9.07. The van der Waals surface area contributed by atoms with Crippen LogP contribution in [0.5, 0.6) is 5.75 Å². The van der Waals surface area contributed by atoms with E-state index in [1.165, 1.54) is 6.92 Å². The van der Waals surface area contributed by atoms with Gasteiger partial charge < -0.3 is 4.74 Å². The molecule has 34 heavy (non-hydrogen) atoms. The quantitative estimate of drug-likeness (QED) is 0.353. The fraction of sp³-hybridized carbons (Fsp3) is 0.320. The maximum absolute atomic E-state index is 13.7. The van der Waals surface area contributed by atoms with Crippen molar-refractivity contribution in [2.45, 2.75) is 39.2 Å². The summed E-state index contributed by atoms with van der Waals surface area (Å²) in [6, 6.07) is 12.9. The van der Waals surface area contributed by atoms with Gasteiger partial charge in [-0.15, -0.1) is 4.65 Å². The third-order valence-corrected chi connectivity index (χ3v) is 6.21. The number of aromatic nitrogens is 4. The van der Waals surface area contributed by atoms with Gasteiger partial charge in [-0.3, -0.25) is 9.48 Å². The molecule has 0 saturated carbocycles. The molecule has 0 spiro atoms. The highest BCUT2D eigenvalue weighted by Gasteiger charge is 2.30. The van der Waals surface area contributed by atoms with Gasteiger partial charge in [0.25, 0.3) is 5.56 Å². The zero-order valence-electron chi connectivity index (χ0n) is 19.6. The van der Waals surface area contributed by atoms with Gasteiger partial charge in [-0.25, -0.2) is 14.3 Å². The van der Waals surface area contributed by atoms with Crippen LogP contribution in [-0.4, -0.2) is 45.0 Å². The Morgan fingerprint density at radius 2 is 2.00 bits per heavy atom. The largest absolute Gasteiger partial charge is 0.460 e. The topological polar surface area (TPSA) is 82.2 Å². The van der Waals surface area contributed by atoms with Crippen LogP contribution in [-0.2, 0) is 6.54 Å². The molecular weight excluding hydrogens is 437 g/mol. The summed E-state index contributed by atoms with van der Waals surface area (Å²) in [6.07, 6.45) is 0.958. The lowest BCUT2D eigenvalue weighted by molar-refractivity contribution is -0.0354. The summed E-state index contributed by atoms with van der Waals surface area (Å²) < 4.78 is 22.4. The zero-order valence-corrected chi connectivity index (χ0v) is 19.6. The fourth-order valence-corrected chi connectivity index (χ4v) is 4.68. The molecule has 8 nitrogen and oxygen atoms in total. The third-order valence-electron chi connectivity index (χ3n) is 6.21. The number of hydrogen-bond donors (Lipinski definition) is 1. The van der Waals surface area contributed by atoms with Crippen molar-refractivity contribution in [1.29, 1.82) is 0 Å². The number of halogens is 1. The average molecular weight is 465 g/mol. The molecule has 2 atom stereocenters. The summed E-state index contributed by atoms with van der Waals surface area (Å²) in [6.45, 7) is 3.78. The number of nitrogens with zero attached hydrogens (tertiary/aromatic N) is 5. The van der Waals surface area contributed by atoms with Gasteiger partial charge in [0.15, 0.2) is 0 Å². The first-order valence-corrected chi connectivity index (χ1v) is 11.2. The highest BCUT2D eigenvalue weighted by Crippen LogP contribution is 2.37. The Labute approximate surface area is 196 Å². The second-order valence-corrected chi connectivity index (χ2v) is 9.07. The van der Waals surface area contributed by atoms with E-state index < -0.39 is 11.0 Å². The summed E-state index contributed by atoms with van der Waals surface area (Å²) in [5.41, 5.74) is 3.98. The standard InChI is InChI=1S/C25H27FN5O3/c1-15-20(14-27-25(28-15)31(3,4)33)17-9-10-19-22(13-17)30-21(11-12-29(30)24(19)32)18-7-5-6-8-23(18)34-16(2)26/h5-10,13-14,16,21,33H,11-12H2,1-4H3/q+1/t16?,21-/m1/s1. The average Bonchev–Trinajstić information content (AvgIpc) is 3.33. The van der Waals surface area contributed by atoms with E-state index in [0.717, 1.165) is 27.9 Å². The first kappa shape index (κ1) is 22.2. The normalized spacial score (nSPS) is 16.6. The van der Waals surface area contributed by atoms with Gasteiger partial charge in [0.2, 0.25) is 6.36 Å². The fourth-order valence-electron chi connectivity index (χ4n) is 4.68. The van der Waals surface area contributed by atoms with Crippen molar-refractivity contribution in [2.75, 3.05) is 14.1 Å². The van der Waals surface area contributed by atoms with E-state index in [1.807, 2.05) is 48.0 Å². The van der Waals surface area contributed by atoms with Crippen LogP contribution in [0.3, 0.4) is 0 Å². The molecular formula is C25H27FN5O3+. The van der Waals surface area contributed by atoms with E-state index in [9.17, 15) is 14.4 Å². The zero-order chi connectivity index (χ0) is 24.2. The van der Waals surface area contributed by atoms with E-state index in [0.29, 0.717) is 30.0 Å². The monoisotopic (exact) mass is 464 g/mol. The number of hydrogen-bond acceptors (Lipinski definition) is 5. The number of fused-ring (bicyclic) bond motifs is 3. The number of para-hydroxylation sites is 1. The smallest absolute Gasteiger partial charge is 0.361 e. The molecule has 0 saturated heterocycles. The molecule has 0 aliphatic carbocycles. The summed E-state index contributed by atoms with van der Waals surface area (Å²) in [5.74, 6) is 0.771. The highest BCUT2D eigenvalue weighted by molar-refractivity contribution is 5.85. The van der Waals surface area contributed by atoms with E-state index in [-0.39, 0.29) is 11.6 Å². The SMILES string of the molecule is Cc1nc([N+](C)(C)O)ncc1-c1ccc2c(=O)n3n(c2c1)[C@@H](c1ccccc1OC(C)F)CC3. The van der Waals surface area contributed by atoms with Crippen LogP contribution in [0.15, 0.2) is 53.5 Å². The molecule has 1 N–H and O–H groups in total. The molecule has 5 rings (SSSR count). The van der Waals surface area contributed by atoms with Gasteiger partial charge >= 0.3 is 5.95 Å². The summed E-state index contributed by atoms with van der Waals surface area (Å²) in [4.78, 5) is 21.9. The number of alkyl halides is 1. The van der Waals surface area contributed by atoms with Crippen molar-refractivity contribution >= 4 is 16.9 Å². The molecule has 9 heteroatoms. The predicted molar refractivity (Wildman–Crippen MR) is 128 cm³/mol. The van der Waals surface area contributed by atoms with Crippen LogP contribution in [0.25, 0.3) is 22.0 Å².